The van der Waals surface area contributed by atoms with Crippen LogP contribution in [0.2, 0.25) is 0 Å². The first-order valence-electron chi connectivity index (χ1n) is 12.1. The fourth-order valence-electron chi connectivity index (χ4n) is 3.56. The highest BCUT2D eigenvalue weighted by molar-refractivity contribution is 8.99. The van der Waals surface area contributed by atoms with E-state index in [0.29, 0.717) is 10.8 Å². The van der Waals surface area contributed by atoms with Crippen molar-refractivity contribution in [1.29, 1.82) is 0 Å². The molecule has 0 radical (unpaired) electrons. The van der Waals surface area contributed by atoms with Crippen LogP contribution in [0.4, 0.5) is 14.4 Å². The molecule has 2 aliphatic rings. The molecule has 20 nitrogen and oxygen atoms in total. The molecule has 0 spiro atoms. The Morgan fingerprint density at radius 2 is 1.21 bits per heavy atom. The van der Waals surface area contributed by atoms with Gasteiger partial charge in [-0.3, -0.25) is 4.72 Å². The molecule has 2 rings (SSSR count). The zero-order valence-corrected chi connectivity index (χ0v) is 23.4. The standard InChI is InChI=1S/C20H34N2O18S2/c1-2-42(20(35)36,22-19(34)38-4-8-10(24)12(26)14(28)17(32)40-8)41-5-6(15(29)30)21-18(33)37-3-7-9(23)11(25)13(27)16(31)39-7/h6-14,16-17,23-28,31-32H,2-5H2,1H3,(H,21,33)(H,22,34)(H,29,30)(H,35,36). The third-order valence-corrected chi connectivity index (χ3v) is 11.8. The van der Waals surface area contributed by atoms with Gasteiger partial charge in [-0.15, -0.1) is 0 Å². The van der Waals surface area contributed by atoms with Gasteiger partial charge in [0.05, 0.1) is 0 Å². The average Bonchev–Trinajstić information content (AvgIpc) is 2.94. The topological polar surface area (TPSA) is 332 Å². The van der Waals surface area contributed by atoms with E-state index in [1.807, 2.05) is 5.32 Å². The number of carboxylic acid groups (broad SMARTS) is 2. The lowest BCUT2D eigenvalue weighted by atomic mass is 9.99. The SMILES string of the molecule is CCS(NC(=O)OCC1OC(O)C(O)C(O)C1O)(SCC(NC(=O)OCC1OC(O)C(O)C(O)C1O)C(=O)O)C(=O)O. The third kappa shape index (κ3) is 8.90. The Hall–Kier alpha value is -2.22. The number of alkyl carbamates (subject to hydrolysis) is 1. The molecule has 0 aliphatic carbocycles. The van der Waals surface area contributed by atoms with Crippen molar-refractivity contribution in [3.8, 4) is 0 Å². The molecule has 12 unspecified atom stereocenters. The van der Waals surface area contributed by atoms with Crippen molar-refractivity contribution in [2.24, 2.45) is 0 Å². The number of hydrogen-bond donors (Lipinski definition) is 12. The van der Waals surface area contributed by atoms with Gasteiger partial charge in [0.25, 0.3) is 0 Å². The number of aliphatic hydroxyl groups excluding tert-OH is 8. The highest BCUT2D eigenvalue weighted by Gasteiger charge is 2.45. The fraction of sp³-hybridized carbons (Fsp3) is 0.800. The van der Waals surface area contributed by atoms with E-state index >= 15 is 0 Å². The smallest absolute Gasteiger partial charge is 0.417 e. The highest BCUT2D eigenvalue weighted by atomic mass is 33.2. The van der Waals surface area contributed by atoms with Gasteiger partial charge in [-0.1, -0.05) is 17.7 Å². The normalized spacial score (nSPS) is 36.0. The highest BCUT2D eigenvalue weighted by Crippen LogP contribution is 2.56. The number of hydrogen-bond acceptors (Lipinski definition) is 17. The van der Waals surface area contributed by atoms with Crippen LogP contribution in [-0.2, 0) is 23.7 Å². The van der Waals surface area contributed by atoms with Crippen LogP contribution in [-0.4, -0.2) is 167 Å². The zero-order chi connectivity index (χ0) is 31.9. The summed E-state index contributed by atoms with van der Waals surface area (Å²) in [5.41, 5.74) is 0. The van der Waals surface area contributed by atoms with Crippen molar-refractivity contribution in [1.82, 2.24) is 10.0 Å². The number of nitrogens with one attached hydrogen (secondary N) is 2. The molecule has 12 atom stereocenters. The molecule has 42 heavy (non-hydrogen) atoms. The summed E-state index contributed by atoms with van der Waals surface area (Å²) in [7, 11) is -2.82. The van der Waals surface area contributed by atoms with Crippen molar-refractivity contribution in [2.45, 2.75) is 74.4 Å². The van der Waals surface area contributed by atoms with E-state index in [0.717, 1.165) is 0 Å². The van der Waals surface area contributed by atoms with Gasteiger partial charge in [0.2, 0.25) is 0 Å². The minimum atomic E-state index is -3.29. The number of carbonyl (C=O) groups is 4. The van der Waals surface area contributed by atoms with Crippen LogP contribution in [0.1, 0.15) is 6.92 Å². The summed E-state index contributed by atoms with van der Waals surface area (Å²) < 4.78 is 21.4. The molecule has 0 bridgehead atoms. The van der Waals surface area contributed by atoms with E-state index in [1.54, 1.807) is 0 Å². The number of amides is 2. The summed E-state index contributed by atoms with van der Waals surface area (Å²) >= 11 is 0. The minimum absolute atomic E-state index is 0.252. The lowest BCUT2D eigenvalue weighted by molar-refractivity contribution is -0.286. The molecular formula is C20H34N2O18S2. The Balaban J connectivity index is 1.95. The predicted octanol–water partition coefficient (Wildman–Crippen LogP) is -4.44. The van der Waals surface area contributed by atoms with Gasteiger partial charge in [0, 0.05) is 11.5 Å². The molecule has 0 aromatic rings. The fourth-order valence-corrected chi connectivity index (χ4v) is 7.58. The number of carboxylic acids is 1. The van der Waals surface area contributed by atoms with Crippen LogP contribution >= 0.6 is 20.0 Å². The Bertz CT molecular complexity index is 964. The van der Waals surface area contributed by atoms with Crippen LogP contribution in [0.25, 0.3) is 0 Å². The van der Waals surface area contributed by atoms with E-state index in [9.17, 15) is 70.2 Å². The second-order valence-corrected chi connectivity index (χ2v) is 14.4. The van der Waals surface area contributed by atoms with Gasteiger partial charge in [0.15, 0.2) is 12.6 Å². The quantitative estimate of drug-likeness (QED) is 0.0988. The molecule has 2 fully saturated rings. The summed E-state index contributed by atoms with van der Waals surface area (Å²) in [5.74, 6) is -2.49. The van der Waals surface area contributed by atoms with Crippen LogP contribution in [0.5, 0.6) is 0 Å². The molecular weight excluding hydrogens is 620 g/mol. The van der Waals surface area contributed by atoms with Crippen molar-refractivity contribution >= 4 is 43.5 Å². The number of rotatable bonds is 10. The van der Waals surface area contributed by atoms with Gasteiger partial charge >= 0.3 is 23.5 Å². The Morgan fingerprint density at radius 1 is 0.762 bits per heavy atom. The molecule has 12 N–H and O–H groups in total. The predicted molar refractivity (Wildman–Crippen MR) is 137 cm³/mol. The van der Waals surface area contributed by atoms with Crippen LogP contribution in [0.3, 0.4) is 0 Å². The van der Waals surface area contributed by atoms with E-state index in [2.05, 4.69) is 4.72 Å². The summed E-state index contributed by atoms with van der Waals surface area (Å²) in [6.07, 6.45) is -20.4. The number of aliphatic hydroxyl groups is 8. The molecule has 2 aliphatic heterocycles. The van der Waals surface area contributed by atoms with E-state index in [-0.39, 0.29) is 5.75 Å². The molecule has 0 saturated carbocycles. The maximum absolute atomic E-state index is 12.4. The van der Waals surface area contributed by atoms with Crippen LogP contribution in [0, 0.1) is 0 Å². The lowest BCUT2D eigenvalue weighted by Gasteiger charge is -2.38. The first-order valence-corrected chi connectivity index (χ1v) is 15.4. The molecule has 2 heterocycles. The van der Waals surface area contributed by atoms with Crippen LogP contribution in [0.15, 0.2) is 0 Å². The minimum Gasteiger partial charge on any atom is -0.480 e. The molecule has 22 heteroatoms. The Kier molecular flexibility index (Phi) is 13.3. The van der Waals surface area contributed by atoms with Crippen molar-refractivity contribution < 1.29 is 89.2 Å². The van der Waals surface area contributed by atoms with Crippen molar-refractivity contribution in [3.63, 3.8) is 0 Å². The molecule has 2 amide bonds. The Labute approximate surface area is 242 Å². The largest absolute Gasteiger partial charge is 0.480 e. The van der Waals surface area contributed by atoms with Crippen molar-refractivity contribution in [2.75, 3.05) is 24.7 Å². The zero-order valence-electron chi connectivity index (χ0n) is 21.7. The first-order chi connectivity index (χ1) is 19.5. The average molecular weight is 655 g/mol. The van der Waals surface area contributed by atoms with E-state index < -0.39 is 119 Å². The summed E-state index contributed by atoms with van der Waals surface area (Å²) in [4.78, 5) is 48.4. The summed E-state index contributed by atoms with van der Waals surface area (Å²) in [6.45, 7) is -0.201. The molecule has 2 saturated heterocycles. The van der Waals surface area contributed by atoms with E-state index in [1.165, 1.54) is 6.92 Å². The summed E-state index contributed by atoms with van der Waals surface area (Å²) in [5, 5.41) is 97.0. The van der Waals surface area contributed by atoms with Gasteiger partial charge in [0.1, 0.15) is 68.1 Å². The molecule has 244 valence electrons. The number of carbonyl (C=O) groups excluding carboxylic acids is 2. The van der Waals surface area contributed by atoms with Gasteiger partial charge in [-0.25, -0.2) is 19.2 Å². The molecule has 0 aromatic heterocycles. The van der Waals surface area contributed by atoms with Crippen LogP contribution < -0.4 is 10.0 Å². The Morgan fingerprint density at radius 3 is 1.62 bits per heavy atom. The van der Waals surface area contributed by atoms with Gasteiger partial charge < -0.3 is 75.3 Å². The maximum Gasteiger partial charge on any atom is 0.417 e. The van der Waals surface area contributed by atoms with Gasteiger partial charge in [-0.2, -0.15) is 0 Å². The second-order valence-electron chi connectivity index (χ2n) is 8.92. The second kappa shape index (κ2) is 15.5. The van der Waals surface area contributed by atoms with Crippen molar-refractivity contribution in [3.05, 3.63) is 0 Å². The monoisotopic (exact) mass is 654 g/mol. The molecule has 0 aromatic carbocycles. The first kappa shape index (κ1) is 36.0. The van der Waals surface area contributed by atoms with Gasteiger partial charge in [-0.05, 0) is 9.25 Å². The summed E-state index contributed by atoms with van der Waals surface area (Å²) in [6, 6.07) is -1.77. The number of ether oxygens (including phenoxy) is 4. The van der Waals surface area contributed by atoms with E-state index in [4.69, 9.17) is 18.9 Å². The maximum atomic E-state index is 12.4. The lowest BCUT2D eigenvalue weighted by Crippen LogP contribution is -2.59. The number of aliphatic carboxylic acids is 1. The third-order valence-electron chi connectivity index (χ3n) is 6.09.